The summed E-state index contributed by atoms with van der Waals surface area (Å²) in [6, 6.07) is 16.5. The molecule has 0 bridgehead atoms. The van der Waals surface area contributed by atoms with E-state index in [0.717, 1.165) is 11.3 Å². The number of rotatable bonds is 5. The van der Waals surface area contributed by atoms with Crippen LogP contribution in [0.1, 0.15) is 24.1 Å². The third-order valence-electron chi connectivity index (χ3n) is 3.51. The first-order valence-electron chi connectivity index (χ1n) is 6.98. The van der Waals surface area contributed by atoms with Gasteiger partial charge < -0.3 is 4.74 Å². The van der Waals surface area contributed by atoms with Crippen molar-refractivity contribution >= 4 is 21.4 Å². The molecular weight excluding hydrogens is 280 g/mol. The van der Waals surface area contributed by atoms with E-state index in [1.165, 1.54) is 15.6 Å². The third-order valence-corrected chi connectivity index (χ3v) is 4.49. The van der Waals surface area contributed by atoms with E-state index < -0.39 is 0 Å². The van der Waals surface area contributed by atoms with Crippen LogP contribution in [0.2, 0.25) is 0 Å². The van der Waals surface area contributed by atoms with E-state index in [0.29, 0.717) is 6.61 Å². The van der Waals surface area contributed by atoms with Crippen LogP contribution in [0.15, 0.2) is 53.9 Å². The molecule has 0 aliphatic rings. The molecule has 0 saturated carbocycles. The summed E-state index contributed by atoms with van der Waals surface area (Å²) in [7, 11) is 0. The highest BCUT2D eigenvalue weighted by atomic mass is 32.1. The van der Waals surface area contributed by atoms with Gasteiger partial charge in [0.2, 0.25) is 0 Å². The van der Waals surface area contributed by atoms with Crippen LogP contribution < -0.4 is 16.0 Å². The molecule has 0 spiro atoms. The van der Waals surface area contributed by atoms with Crippen molar-refractivity contribution in [2.24, 2.45) is 5.84 Å². The molecular formula is C17H18N2OS. The quantitative estimate of drug-likeness (QED) is 0.555. The zero-order valence-corrected chi connectivity index (χ0v) is 12.7. The minimum absolute atomic E-state index is 0.0168. The summed E-state index contributed by atoms with van der Waals surface area (Å²) in [5.41, 5.74) is 5.27. The molecule has 0 fully saturated rings. The molecule has 0 aliphatic heterocycles. The highest BCUT2D eigenvalue weighted by molar-refractivity contribution is 7.17. The van der Waals surface area contributed by atoms with Crippen molar-refractivity contribution in [3.05, 3.63) is 65.0 Å². The number of nitrogens with one attached hydrogen (secondary N) is 1. The van der Waals surface area contributed by atoms with Crippen molar-refractivity contribution in [3.8, 4) is 5.75 Å². The first-order valence-corrected chi connectivity index (χ1v) is 7.86. The molecule has 1 atom stereocenters. The number of hydrogen-bond acceptors (Lipinski definition) is 4. The molecule has 0 amide bonds. The van der Waals surface area contributed by atoms with Crippen LogP contribution in [0.3, 0.4) is 0 Å². The summed E-state index contributed by atoms with van der Waals surface area (Å²) in [4.78, 5) is 0. The summed E-state index contributed by atoms with van der Waals surface area (Å²) in [6.45, 7) is 2.66. The number of nitrogens with two attached hydrogens (primary N) is 1. The SMILES string of the molecule is CCOc1ccc(C(NN)c2csc3ccccc23)cc1. The van der Waals surface area contributed by atoms with Crippen LogP contribution in [0.5, 0.6) is 5.75 Å². The topological polar surface area (TPSA) is 47.3 Å². The van der Waals surface area contributed by atoms with E-state index in [-0.39, 0.29) is 6.04 Å². The second kappa shape index (κ2) is 6.26. The Kier molecular flexibility index (Phi) is 4.20. The lowest BCUT2D eigenvalue weighted by Crippen LogP contribution is -2.28. The lowest BCUT2D eigenvalue weighted by Gasteiger charge is -2.16. The Morgan fingerprint density at radius 1 is 1.14 bits per heavy atom. The molecule has 4 heteroatoms. The summed E-state index contributed by atoms with van der Waals surface area (Å²) in [5, 5.41) is 3.42. The molecule has 1 aromatic heterocycles. The lowest BCUT2D eigenvalue weighted by molar-refractivity contribution is 0.340. The molecule has 0 saturated heterocycles. The van der Waals surface area contributed by atoms with Gasteiger partial charge in [-0.05, 0) is 47.0 Å². The highest BCUT2D eigenvalue weighted by Gasteiger charge is 2.16. The molecule has 0 radical (unpaired) electrons. The average molecular weight is 298 g/mol. The molecule has 21 heavy (non-hydrogen) atoms. The zero-order chi connectivity index (χ0) is 14.7. The smallest absolute Gasteiger partial charge is 0.119 e. The van der Waals surface area contributed by atoms with Gasteiger partial charge in [-0.3, -0.25) is 5.84 Å². The number of benzene rings is 2. The second-order valence-electron chi connectivity index (χ2n) is 4.79. The van der Waals surface area contributed by atoms with Crippen LogP contribution in [0, 0.1) is 0 Å². The van der Waals surface area contributed by atoms with Crippen LogP contribution in [0.25, 0.3) is 10.1 Å². The Morgan fingerprint density at radius 3 is 2.62 bits per heavy atom. The Hall–Kier alpha value is -1.88. The first-order chi connectivity index (χ1) is 10.3. The van der Waals surface area contributed by atoms with Crippen LogP contribution in [-0.2, 0) is 0 Å². The Morgan fingerprint density at radius 2 is 1.90 bits per heavy atom. The molecule has 3 nitrogen and oxygen atoms in total. The molecule has 1 heterocycles. The number of hydrogen-bond donors (Lipinski definition) is 2. The van der Waals surface area contributed by atoms with Crippen molar-refractivity contribution in [1.29, 1.82) is 0 Å². The van der Waals surface area contributed by atoms with Gasteiger partial charge in [0, 0.05) is 4.70 Å². The minimum Gasteiger partial charge on any atom is -0.494 e. The molecule has 1 unspecified atom stereocenters. The zero-order valence-electron chi connectivity index (χ0n) is 11.9. The van der Waals surface area contributed by atoms with E-state index in [2.05, 4.69) is 47.2 Å². The van der Waals surface area contributed by atoms with E-state index in [4.69, 9.17) is 10.6 Å². The molecule has 3 N–H and O–H groups in total. The number of fused-ring (bicyclic) bond motifs is 1. The molecule has 0 aliphatic carbocycles. The maximum atomic E-state index is 5.81. The normalized spacial score (nSPS) is 12.5. The summed E-state index contributed by atoms with van der Waals surface area (Å²) < 4.78 is 6.76. The molecule has 3 aromatic rings. The van der Waals surface area contributed by atoms with Gasteiger partial charge in [0.25, 0.3) is 0 Å². The van der Waals surface area contributed by atoms with Gasteiger partial charge >= 0.3 is 0 Å². The van der Waals surface area contributed by atoms with Gasteiger partial charge in [-0.2, -0.15) is 0 Å². The number of ether oxygens (including phenoxy) is 1. The monoisotopic (exact) mass is 298 g/mol. The molecule has 3 rings (SSSR count). The Bertz CT molecular complexity index is 721. The Balaban J connectivity index is 1.97. The van der Waals surface area contributed by atoms with Crippen molar-refractivity contribution in [1.82, 2.24) is 5.43 Å². The van der Waals surface area contributed by atoms with Crippen molar-refractivity contribution in [3.63, 3.8) is 0 Å². The predicted octanol–water partition coefficient (Wildman–Crippen LogP) is 3.85. The van der Waals surface area contributed by atoms with E-state index >= 15 is 0 Å². The van der Waals surface area contributed by atoms with Crippen LogP contribution in [0.4, 0.5) is 0 Å². The number of hydrazine groups is 1. The minimum atomic E-state index is -0.0168. The maximum absolute atomic E-state index is 5.81. The fourth-order valence-electron chi connectivity index (χ4n) is 2.51. The maximum Gasteiger partial charge on any atom is 0.119 e. The summed E-state index contributed by atoms with van der Waals surface area (Å²) >= 11 is 1.74. The average Bonchev–Trinajstić information content (AvgIpc) is 2.94. The van der Waals surface area contributed by atoms with Gasteiger partial charge in [-0.15, -0.1) is 11.3 Å². The van der Waals surface area contributed by atoms with Crippen molar-refractivity contribution in [2.45, 2.75) is 13.0 Å². The van der Waals surface area contributed by atoms with Gasteiger partial charge in [-0.25, -0.2) is 5.43 Å². The van der Waals surface area contributed by atoms with Crippen LogP contribution in [-0.4, -0.2) is 6.61 Å². The van der Waals surface area contributed by atoms with E-state index in [9.17, 15) is 0 Å². The number of thiophene rings is 1. The van der Waals surface area contributed by atoms with Gasteiger partial charge in [-0.1, -0.05) is 30.3 Å². The largest absolute Gasteiger partial charge is 0.494 e. The van der Waals surface area contributed by atoms with E-state index in [1.54, 1.807) is 11.3 Å². The fourth-order valence-corrected chi connectivity index (χ4v) is 3.50. The van der Waals surface area contributed by atoms with Crippen molar-refractivity contribution in [2.75, 3.05) is 6.61 Å². The van der Waals surface area contributed by atoms with Crippen molar-refractivity contribution < 1.29 is 4.74 Å². The first kappa shape index (κ1) is 14.1. The summed E-state index contributed by atoms with van der Waals surface area (Å²) in [6.07, 6.45) is 0. The molecule has 108 valence electrons. The third kappa shape index (κ3) is 2.78. The van der Waals surface area contributed by atoms with Gasteiger partial charge in [0.05, 0.1) is 12.6 Å². The van der Waals surface area contributed by atoms with Crippen LogP contribution >= 0.6 is 11.3 Å². The predicted molar refractivity (Wildman–Crippen MR) is 88.6 cm³/mol. The van der Waals surface area contributed by atoms with Gasteiger partial charge in [0.1, 0.15) is 5.75 Å². The second-order valence-corrected chi connectivity index (χ2v) is 5.70. The summed E-state index contributed by atoms with van der Waals surface area (Å²) in [5.74, 6) is 6.69. The van der Waals surface area contributed by atoms with E-state index in [1.807, 2.05) is 19.1 Å². The lowest BCUT2D eigenvalue weighted by atomic mass is 9.99. The molecule has 2 aromatic carbocycles. The fraction of sp³-hybridized carbons (Fsp3) is 0.176. The standard InChI is InChI=1S/C17H18N2OS/c1-2-20-13-9-7-12(8-10-13)17(19-18)15-11-21-16-6-4-3-5-14(15)16/h3-11,17,19H,2,18H2,1H3. The van der Waals surface area contributed by atoms with Gasteiger partial charge in [0.15, 0.2) is 0 Å². The Labute approximate surface area is 128 Å². The highest BCUT2D eigenvalue weighted by Crippen LogP contribution is 2.33.